The van der Waals surface area contributed by atoms with Crippen molar-refractivity contribution in [2.24, 2.45) is 4.99 Å². The maximum absolute atomic E-state index is 5.74. The molecule has 2 fully saturated rings. The Morgan fingerprint density at radius 3 is 2.95 bits per heavy atom. The van der Waals surface area contributed by atoms with Gasteiger partial charge in [0.15, 0.2) is 5.96 Å². The number of hydrogen-bond donors (Lipinski definition) is 2. The van der Waals surface area contributed by atoms with Gasteiger partial charge in [-0.25, -0.2) is 0 Å². The van der Waals surface area contributed by atoms with Crippen LogP contribution >= 0.6 is 0 Å². The van der Waals surface area contributed by atoms with Crippen LogP contribution in [0.2, 0.25) is 0 Å². The summed E-state index contributed by atoms with van der Waals surface area (Å²) in [4.78, 5) is 4.58. The van der Waals surface area contributed by atoms with Gasteiger partial charge in [0.2, 0.25) is 0 Å². The highest BCUT2D eigenvalue weighted by atomic mass is 16.5. The third-order valence-corrected chi connectivity index (χ3v) is 3.68. The molecule has 0 aromatic rings. The predicted molar refractivity (Wildman–Crippen MR) is 82.7 cm³/mol. The Hall–Kier alpha value is -0.850. The van der Waals surface area contributed by atoms with Gasteiger partial charge in [-0.05, 0) is 32.6 Å². The highest BCUT2D eigenvalue weighted by molar-refractivity contribution is 5.79. The van der Waals surface area contributed by atoms with Crippen LogP contribution in [0, 0.1) is 0 Å². The SMILES string of the molecule is CCNC(=NCC1CCCO1)NCCCOC1CCOC1. The fourth-order valence-corrected chi connectivity index (χ4v) is 2.50. The molecule has 0 radical (unpaired) electrons. The van der Waals surface area contributed by atoms with E-state index in [9.17, 15) is 0 Å². The minimum atomic E-state index is 0.297. The van der Waals surface area contributed by atoms with Gasteiger partial charge in [-0.1, -0.05) is 0 Å². The molecule has 21 heavy (non-hydrogen) atoms. The summed E-state index contributed by atoms with van der Waals surface area (Å²) in [5, 5.41) is 6.60. The quantitative estimate of drug-likeness (QED) is 0.396. The van der Waals surface area contributed by atoms with E-state index < -0.39 is 0 Å². The van der Waals surface area contributed by atoms with Crippen LogP contribution in [-0.4, -0.2) is 64.2 Å². The first-order valence-electron chi connectivity index (χ1n) is 8.21. The molecule has 0 bridgehead atoms. The molecule has 2 rings (SSSR count). The molecule has 6 heteroatoms. The van der Waals surface area contributed by atoms with Crippen LogP contribution in [0.5, 0.6) is 0 Å². The number of rotatable bonds is 8. The summed E-state index contributed by atoms with van der Waals surface area (Å²) >= 11 is 0. The summed E-state index contributed by atoms with van der Waals surface area (Å²) in [6, 6.07) is 0. The Balaban J connectivity index is 1.56. The van der Waals surface area contributed by atoms with Crippen LogP contribution < -0.4 is 10.6 Å². The van der Waals surface area contributed by atoms with Crippen molar-refractivity contribution in [2.45, 2.75) is 44.8 Å². The number of nitrogens with one attached hydrogen (secondary N) is 2. The van der Waals surface area contributed by atoms with Crippen LogP contribution in [0.4, 0.5) is 0 Å². The van der Waals surface area contributed by atoms with Gasteiger partial charge in [-0.3, -0.25) is 4.99 Å². The molecular formula is C15H29N3O3. The van der Waals surface area contributed by atoms with Gasteiger partial charge in [0.05, 0.1) is 25.4 Å². The van der Waals surface area contributed by atoms with Crippen molar-refractivity contribution in [1.29, 1.82) is 0 Å². The van der Waals surface area contributed by atoms with Crippen LogP contribution in [0.1, 0.15) is 32.6 Å². The van der Waals surface area contributed by atoms with Gasteiger partial charge in [0.1, 0.15) is 0 Å². The Morgan fingerprint density at radius 2 is 2.24 bits per heavy atom. The molecule has 2 aliphatic rings. The van der Waals surface area contributed by atoms with Crippen LogP contribution in [0.3, 0.4) is 0 Å². The molecule has 0 aliphatic carbocycles. The summed E-state index contributed by atoms with van der Waals surface area (Å²) in [6.45, 7) is 7.79. The second-order valence-electron chi connectivity index (χ2n) is 5.49. The maximum Gasteiger partial charge on any atom is 0.191 e. The minimum absolute atomic E-state index is 0.297. The largest absolute Gasteiger partial charge is 0.379 e. The summed E-state index contributed by atoms with van der Waals surface area (Å²) in [5.41, 5.74) is 0. The first-order valence-corrected chi connectivity index (χ1v) is 8.21. The Bertz CT molecular complexity index is 301. The lowest BCUT2D eigenvalue weighted by molar-refractivity contribution is 0.0420. The highest BCUT2D eigenvalue weighted by Gasteiger charge is 2.16. The topological polar surface area (TPSA) is 64.1 Å². The molecule has 0 aromatic heterocycles. The van der Waals surface area contributed by atoms with Gasteiger partial charge in [-0.15, -0.1) is 0 Å². The fourth-order valence-electron chi connectivity index (χ4n) is 2.50. The molecule has 2 atom stereocenters. The summed E-state index contributed by atoms with van der Waals surface area (Å²) in [5.74, 6) is 0.872. The first-order chi connectivity index (χ1) is 10.4. The van der Waals surface area contributed by atoms with Gasteiger partial charge in [0, 0.05) is 32.9 Å². The second kappa shape index (κ2) is 9.97. The zero-order chi connectivity index (χ0) is 14.8. The van der Waals surface area contributed by atoms with Gasteiger partial charge < -0.3 is 24.8 Å². The van der Waals surface area contributed by atoms with Crippen molar-refractivity contribution in [2.75, 3.05) is 46.1 Å². The second-order valence-corrected chi connectivity index (χ2v) is 5.49. The Kier molecular flexibility index (Phi) is 7.85. The third-order valence-electron chi connectivity index (χ3n) is 3.68. The van der Waals surface area contributed by atoms with Gasteiger partial charge in [0.25, 0.3) is 0 Å². The van der Waals surface area contributed by atoms with E-state index in [1.807, 2.05) is 0 Å². The van der Waals surface area contributed by atoms with Crippen molar-refractivity contribution in [3.8, 4) is 0 Å². The molecule has 2 saturated heterocycles. The van der Waals surface area contributed by atoms with E-state index in [4.69, 9.17) is 14.2 Å². The zero-order valence-electron chi connectivity index (χ0n) is 13.1. The van der Waals surface area contributed by atoms with Crippen LogP contribution in [-0.2, 0) is 14.2 Å². The van der Waals surface area contributed by atoms with Crippen LogP contribution in [0.15, 0.2) is 4.99 Å². The average molecular weight is 299 g/mol. The van der Waals surface area contributed by atoms with Crippen molar-refractivity contribution < 1.29 is 14.2 Å². The third kappa shape index (κ3) is 6.63. The van der Waals surface area contributed by atoms with Crippen molar-refractivity contribution in [3.05, 3.63) is 0 Å². The van der Waals surface area contributed by atoms with Crippen LogP contribution in [0.25, 0.3) is 0 Å². The standard InChI is InChI=1S/C15H29N3O3/c1-2-16-15(18-11-13-5-3-8-20-13)17-7-4-9-21-14-6-10-19-12-14/h13-14H,2-12H2,1H3,(H2,16,17,18). The van der Waals surface area contributed by atoms with E-state index in [2.05, 4.69) is 22.5 Å². The number of aliphatic imine (C=N–C) groups is 1. The van der Waals surface area contributed by atoms with Crippen molar-refractivity contribution in [3.63, 3.8) is 0 Å². The molecular weight excluding hydrogens is 270 g/mol. The van der Waals surface area contributed by atoms with Crippen molar-refractivity contribution >= 4 is 5.96 Å². The lowest BCUT2D eigenvalue weighted by Gasteiger charge is -2.14. The summed E-state index contributed by atoms with van der Waals surface area (Å²) < 4.78 is 16.6. The van der Waals surface area contributed by atoms with E-state index in [-0.39, 0.29) is 0 Å². The van der Waals surface area contributed by atoms with E-state index in [1.165, 1.54) is 0 Å². The average Bonchev–Trinajstić information content (AvgIpc) is 3.17. The first kappa shape index (κ1) is 16.5. The molecule has 0 aromatic carbocycles. The molecule has 0 amide bonds. The number of ether oxygens (including phenoxy) is 3. The molecule has 2 N–H and O–H groups in total. The lowest BCUT2D eigenvalue weighted by Crippen LogP contribution is -2.38. The molecule has 6 nitrogen and oxygen atoms in total. The summed E-state index contributed by atoms with van der Waals surface area (Å²) in [6.07, 6.45) is 4.88. The molecule has 122 valence electrons. The number of guanidine groups is 1. The predicted octanol–water partition coefficient (Wildman–Crippen LogP) is 0.916. The molecule has 0 spiro atoms. The molecule has 0 saturated carbocycles. The molecule has 2 aliphatic heterocycles. The fraction of sp³-hybridized carbons (Fsp3) is 0.933. The highest BCUT2D eigenvalue weighted by Crippen LogP contribution is 2.11. The van der Waals surface area contributed by atoms with E-state index in [0.717, 1.165) is 77.7 Å². The lowest BCUT2D eigenvalue weighted by atomic mass is 10.2. The van der Waals surface area contributed by atoms with E-state index >= 15 is 0 Å². The number of nitrogens with zero attached hydrogens (tertiary/aromatic N) is 1. The van der Waals surface area contributed by atoms with Crippen molar-refractivity contribution in [1.82, 2.24) is 10.6 Å². The molecule has 2 heterocycles. The monoisotopic (exact) mass is 299 g/mol. The Labute approximate surface area is 127 Å². The smallest absolute Gasteiger partial charge is 0.191 e. The van der Waals surface area contributed by atoms with E-state index in [0.29, 0.717) is 12.2 Å². The zero-order valence-corrected chi connectivity index (χ0v) is 13.1. The molecule has 2 unspecified atom stereocenters. The maximum atomic E-state index is 5.74. The Morgan fingerprint density at radius 1 is 1.29 bits per heavy atom. The van der Waals surface area contributed by atoms with Gasteiger partial charge >= 0.3 is 0 Å². The number of hydrogen-bond acceptors (Lipinski definition) is 4. The normalized spacial score (nSPS) is 26.2. The summed E-state index contributed by atoms with van der Waals surface area (Å²) in [7, 11) is 0. The van der Waals surface area contributed by atoms with Gasteiger partial charge in [-0.2, -0.15) is 0 Å². The minimum Gasteiger partial charge on any atom is -0.379 e. The van der Waals surface area contributed by atoms with E-state index in [1.54, 1.807) is 0 Å².